The van der Waals surface area contributed by atoms with E-state index in [1.54, 1.807) is 24.8 Å². The van der Waals surface area contributed by atoms with Crippen LogP contribution in [0.5, 0.6) is 0 Å². The number of thiazole rings is 1. The summed E-state index contributed by atoms with van der Waals surface area (Å²) in [5, 5.41) is 3.15. The highest BCUT2D eigenvalue weighted by Gasteiger charge is 2.21. The number of rotatable bonds is 6. The highest BCUT2D eigenvalue weighted by Crippen LogP contribution is 2.32. The molecule has 0 saturated heterocycles. The SMILES string of the molecule is CCOC(=O)c1sc(NC(=O)c2cccc(SC)c2)nc1-c1ccccc1. The Labute approximate surface area is 165 Å². The minimum Gasteiger partial charge on any atom is -0.462 e. The molecule has 0 radical (unpaired) electrons. The van der Waals surface area contributed by atoms with Crippen molar-refractivity contribution in [1.82, 2.24) is 4.98 Å². The van der Waals surface area contributed by atoms with Crippen molar-refractivity contribution in [1.29, 1.82) is 0 Å². The van der Waals surface area contributed by atoms with Crippen LogP contribution in [0.15, 0.2) is 59.5 Å². The van der Waals surface area contributed by atoms with E-state index in [0.29, 0.717) is 21.3 Å². The molecular weight excluding hydrogens is 380 g/mol. The third-order valence-electron chi connectivity index (χ3n) is 3.69. The molecule has 0 spiro atoms. The van der Waals surface area contributed by atoms with Crippen LogP contribution in [0.3, 0.4) is 0 Å². The molecule has 0 saturated carbocycles. The normalized spacial score (nSPS) is 10.4. The van der Waals surface area contributed by atoms with Crippen LogP contribution >= 0.6 is 23.1 Å². The van der Waals surface area contributed by atoms with Crippen molar-refractivity contribution >= 4 is 40.1 Å². The van der Waals surface area contributed by atoms with Gasteiger partial charge in [-0.3, -0.25) is 10.1 Å². The minimum atomic E-state index is -0.446. The van der Waals surface area contributed by atoms with Crippen molar-refractivity contribution in [3.63, 3.8) is 0 Å². The van der Waals surface area contributed by atoms with Gasteiger partial charge in [0.1, 0.15) is 4.88 Å². The fourth-order valence-corrected chi connectivity index (χ4v) is 3.77. The Hall–Kier alpha value is -2.64. The second-order valence-electron chi connectivity index (χ2n) is 5.47. The molecule has 1 heterocycles. The van der Waals surface area contributed by atoms with E-state index in [0.717, 1.165) is 21.8 Å². The number of hydrogen-bond acceptors (Lipinski definition) is 6. The van der Waals surface area contributed by atoms with Gasteiger partial charge in [-0.05, 0) is 31.4 Å². The standard InChI is InChI=1S/C20H18N2O3S2/c1-3-25-19(24)17-16(13-8-5-4-6-9-13)21-20(27-17)22-18(23)14-10-7-11-15(12-14)26-2/h4-12H,3H2,1-2H3,(H,21,22,23). The number of nitrogens with one attached hydrogen (secondary N) is 1. The summed E-state index contributed by atoms with van der Waals surface area (Å²) in [6.07, 6.45) is 1.95. The lowest BCUT2D eigenvalue weighted by molar-refractivity contribution is 0.0532. The number of amides is 1. The van der Waals surface area contributed by atoms with Crippen LogP contribution < -0.4 is 5.32 Å². The van der Waals surface area contributed by atoms with Crippen LogP contribution in [0.4, 0.5) is 5.13 Å². The van der Waals surface area contributed by atoms with E-state index >= 15 is 0 Å². The van der Waals surface area contributed by atoms with Crippen molar-refractivity contribution in [2.24, 2.45) is 0 Å². The minimum absolute atomic E-state index is 0.269. The maximum absolute atomic E-state index is 12.6. The Morgan fingerprint density at radius 2 is 1.93 bits per heavy atom. The molecule has 0 aliphatic rings. The number of anilines is 1. The number of aromatic nitrogens is 1. The quantitative estimate of drug-likeness (QED) is 0.469. The van der Waals surface area contributed by atoms with Crippen molar-refractivity contribution in [3.05, 3.63) is 65.0 Å². The van der Waals surface area contributed by atoms with E-state index in [-0.39, 0.29) is 12.5 Å². The first kappa shape index (κ1) is 19.1. The second-order valence-corrected chi connectivity index (χ2v) is 7.35. The highest BCUT2D eigenvalue weighted by molar-refractivity contribution is 7.98. The largest absolute Gasteiger partial charge is 0.462 e. The van der Waals surface area contributed by atoms with Gasteiger partial charge in [-0.15, -0.1) is 11.8 Å². The van der Waals surface area contributed by atoms with Crippen molar-refractivity contribution in [2.75, 3.05) is 18.2 Å². The number of carbonyl (C=O) groups excluding carboxylic acids is 2. The van der Waals surface area contributed by atoms with Gasteiger partial charge in [0.05, 0.1) is 12.3 Å². The van der Waals surface area contributed by atoms with Gasteiger partial charge in [-0.2, -0.15) is 0 Å². The molecule has 3 aromatic rings. The van der Waals surface area contributed by atoms with E-state index < -0.39 is 5.97 Å². The number of ether oxygens (including phenoxy) is 1. The fourth-order valence-electron chi connectivity index (χ4n) is 2.43. The summed E-state index contributed by atoms with van der Waals surface area (Å²) in [5.41, 5.74) is 1.84. The lowest BCUT2D eigenvalue weighted by Gasteiger charge is -2.03. The monoisotopic (exact) mass is 398 g/mol. The summed E-state index contributed by atoms with van der Waals surface area (Å²) in [6, 6.07) is 16.7. The average molecular weight is 399 g/mol. The molecule has 0 aliphatic heterocycles. The van der Waals surface area contributed by atoms with Crippen LogP contribution in [0.25, 0.3) is 11.3 Å². The van der Waals surface area contributed by atoms with Gasteiger partial charge in [0, 0.05) is 16.0 Å². The third-order valence-corrected chi connectivity index (χ3v) is 5.36. The summed E-state index contributed by atoms with van der Waals surface area (Å²) in [7, 11) is 0. The Morgan fingerprint density at radius 3 is 2.63 bits per heavy atom. The van der Waals surface area contributed by atoms with Gasteiger partial charge in [0.25, 0.3) is 5.91 Å². The molecule has 1 amide bonds. The van der Waals surface area contributed by atoms with E-state index in [2.05, 4.69) is 10.3 Å². The van der Waals surface area contributed by atoms with Crippen molar-refractivity contribution in [3.8, 4) is 11.3 Å². The topological polar surface area (TPSA) is 68.3 Å². The second kappa shape index (κ2) is 8.83. The summed E-state index contributed by atoms with van der Waals surface area (Å²) in [6.45, 7) is 2.02. The molecule has 1 N–H and O–H groups in total. The third kappa shape index (κ3) is 4.56. The summed E-state index contributed by atoms with van der Waals surface area (Å²) in [5.74, 6) is -0.714. The van der Waals surface area contributed by atoms with Gasteiger partial charge in [0.2, 0.25) is 0 Å². The predicted octanol–water partition coefficient (Wildman–Crippen LogP) is 4.96. The van der Waals surface area contributed by atoms with Crippen molar-refractivity contribution in [2.45, 2.75) is 11.8 Å². The molecule has 0 fully saturated rings. The van der Waals surface area contributed by atoms with Crippen LogP contribution in [0.2, 0.25) is 0 Å². The number of esters is 1. The highest BCUT2D eigenvalue weighted by atomic mass is 32.2. The van der Waals surface area contributed by atoms with Gasteiger partial charge in [-0.25, -0.2) is 9.78 Å². The summed E-state index contributed by atoms with van der Waals surface area (Å²) < 4.78 is 5.14. The molecule has 27 heavy (non-hydrogen) atoms. The van der Waals surface area contributed by atoms with Crippen molar-refractivity contribution < 1.29 is 14.3 Å². The number of carbonyl (C=O) groups is 2. The molecule has 138 valence electrons. The van der Waals surface area contributed by atoms with E-state index in [4.69, 9.17) is 4.74 Å². The average Bonchev–Trinajstić information content (AvgIpc) is 3.13. The summed E-state index contributed by atoms with van der Waals surface area (Å²) >= 11 is 2.68. The molecule has 0 unspecified atom stereocenters. The van der Waals surface area contributed by atoms with E-state index in [1.807, 2.05) is 54.8 Å². The molecule has 5 nitrogen and oxygen atoms in total. The predicted molar refractivity (Wildman–Crippen MR) is 110 cm³/mol. The Bertz CT molecular complexity index is 955. The zero-order chi connectivity index (χ0) is 19.2. The molecule has 1 aromatic heterocycles. The maximum atomic E-state index is 12.6. The maximum Gasteiger partial charge on any atom is 0.350 e. The molecular formula is C20H18N2O3S2. The van der Waals surface area contributed by atoms with E-state index in [9.17, 15) is 9.59 Å². The molecule has 2 aromatic carbocycles. The molecule has 0 aliphatic carbocycles. The van der Waals surface area contributed by atoms with Crippen LogP contribution in [-0.4, -0.2) is 29.7 Å². The lowest BCUT2D eigenvalue weighted by atomic mass is 10.1. The number of nitrogens with zero attached hydrogens (tertiary/aromatic N) is 1. The molecule has 0 bridgehead atoms. The van der Waals surface area contributed by atoms with Crippen LogP contribution in [0, 0.1) is 0 Å². The Kier molecular flexibility index (Phi) is 6.26. The number of thioether (sulfide) groups is 1. The smallest absolute Gasteiger partial charge is 0.350 e. The van der Waals surface area contributed by atoms with E-state index in [1.165, 1.54) is 0 Å². The van der Waals surface area contributed by atoms with Gasteiger partial charge in [-0.1, -0.05) is 47.7 Å². The first-order valence-electron chi connectivity index (χ1n) is 8.31. The van der Waals surface area contributed by atoms with Gasteiger partial charge in [0.15, 0.2) is 5.13 Å². The molecule has 0 atom stereocenters. The fraction of sp³-hybridized carbons (Fsp3) is 0.150. The van der Waals surface area contributed by atoms with Crippen LogP contribution in [0.1, 0.15) is 27.0 Å². The number of benzene rings is 2. The number of hydrogen-bond donors (Lipinski definition) is 1. The first-order valence-corrected chi connectivity index (χ1v) is 10.3. The summed E-state index contributed by atoms with van der Waals surface area (Å²) in [4.78, 5) is 30.7. The van der Waals surface area contributed by atoms with Gasteiger partial charge < -0.3 is 4.74 Å². The van der Waals surface area contributed by atoms with Gasteiger partial charge >= 0.3 is 5.97 Å². The first-order chi connectivity index (χ1) is 13.1. The molecule has 3 rings (SSSR count). The van der Waals surface area contributed by atoms with Crippen LogP contribution in [-0.2, 0) is 4.74 Å². The molecule has 7 heteroatoms. The lowest BCUT2D eigenvalue weighted by Crippen LogP contribution is -2.11. The zero-order valence-electron chi connectivity index (χ0n) is 14.9. The Morgan fingerprint density at radius 1 is 1.15 bits per heavy atom. The zero-order valence-corrected chi connectivity index (χ0v) is 16.5. The Balaban J connectivity index is 1.91.